The zero-order chi connectivity index (χ0) is 42.3. The number of hydrogen-bond donors (Lipinski definition) is 2. The number of amides is 2. The standard InChI is InChI=1S/C43H35ClN8O6S3/c44-21-31(32-25-60-42(45)46-32)38(54)47-34-39(55)52-35(41(56)58-37(28-17-9-3-10-18-28)29-19-11-4-12-20-29)30(23-59-40(34)52)24-61-43-48-49-50-51(43)22-33(53)57-36(26-13-5-1-6-14-26)27-15-7-2-8-16-27/h1-21,25,34,36-37,40H,22-24H2,(H2,45,46)(H,47,54)/t34?,40-/m0/s1. The molecule has 1 fully saturated rings. The molecule has 8 rings (SSSR count). The highest BCUT2D eigenvalue weighted by Crippen LogP contribution is 2.43. The molecule has 2 atom stereocenters. The van der Waals surface area contributed by atoms with Crippen LogP contribution in [0.5, 0.6) is 0 Å². The van der Waals surface area contributed by atoms with Crippen molar-refractivity contribution in [2.75, 3.05) is 17.2 Å². The van der Waals surface area contributed by atoms with Crippen LogP contribution in [0.4, 0.5) is 5.13 Å². The van der Waals surface area contributed by atoms with E-state index in [2.05, 4.69) is 25.8 Å². The number of nitrogens with one attached hydrogen (secondary N) is 1. The van der Waals surface area contributed by atoms with Gasteiger partial charge in [0.1, 0.15) is 23.7 Å². The highest BCUT2D eigenvalue weighted by atomic mass is 35.5. The molecular formula is C43H35ClN8O6S3. The maximum Gasteiger partial charge on any atom is 0.356 e. The predicted molar refractivity (Wildman–Crippen MR) is 233 cm³/mol. The Labute approximate surface area is 367 Å². The summed E-state index contributed by atoms with van der Waals surface area (Å²) >= 11 is 9.74. The summed E-state index contributed by atoms with van der Waals surface area (Å²) in [6.45, 7) is -0.287. The maximum absolute atomic E-state index is 14.6. The highest BCUT2D eigenvalue weighted by molar-refractivity contribution is 8.01. The van der Waals surface area contributed by atoms with E-state index in [-0.39, 0.29) is 39.5 Å². The fourth-order valence-electron chi connectivity index (χ4n) is 6.81. The van der Waals surface area contributed by atoms with Crippen molar-refractivity contribution < 1.29 is 28.7 Å². The van der Waals surface area contributed by atoms with Gasteiger partial charge in [-0.25, -0.2) is 14.5 Å². The summed E-state index contributed by atoms with van der Waals surface area (Å²) in [6, 6.07) is 36.5. The Kier molecular flexibility index (Phi) is 12.9. The lowest BCUT2D eigenvalue weighted by Crippen LogP contribution is -2.70. The van der Waals surface area contributed by atoms with Crippen molar-refractivity contribution in [2.45, 2.75) is 35.3 Å². The summed E-state index contributed by atoms with van der Waals surface area (Å²) in [5.41, 5.74) is 10.9. The van der Waals surface area contributed by atoms with Crippen LogP contribution in [0.15, 0.2) is 149 Å². The van der Waals surface area contributed by atoms with Crippen molar-refractivity contribution >= 4 is 80.9 Å². The van der Waals surface area contributed by atoms with E-state index in [1.165, 1.54) is 33.1 Å². The summed E-state index contributed by atoms with van der Waals surface area (Å²) in [5.74, 6) is -1.98. The monoisotopic (exact) mass is 890 g/mol. The highest BCUT2D eigenvalue weighted by Gasteiger charge is 2.55. The zero-order valence-corrected chi connectivity index (χ0v) is 35.2. The Morgan fingerprint density at radius 2 is 1.43 bits per heavy atom. The lowest BCUT2D eigenvalue weighted by atomic mass is 10.0. The number of halogens is 1. The van der Waals surface area contributed by atoms with Crippen LogP contribution < -0.4 is 11.1 Å². The van der Waals surface area contributed by atoms with E-state index in [4.69, 9.17) is 26.8 Å². The molecule has 2 aliphatic rings. The third-order valence-corrected chi connectivity index (χ3v) is 13.0. The molecule has 4 heterocycles. The van der Waals surface area contributed by atoms with Gasteiger partial charge in [0.15, 0.2) is 17.3 Å². The number of hydrogen-bond acceptors (Lipinski definition) is 14. The van der Waals surface area contributed by atoms with Crippen molar-refractivity contribution in [2.24, 2.45) is 0 Å². The van der Waals surface area contributed by atoms with Crippen LogP contribution in [0.3, 0.4) is 0 Å². The van der Waals surface area contributed by atoms with Gasteiger partial charge in [0.05, 0.1) is 11.3 Å². The van der Waals surface area contributed by atoms with Crippen LogP contribution in [0.1, 0.15) is 40.2 Å². The first-order valence-corrected chi connectivity index (χ1v) is 22.1. The van der Waals surface area contributed by atoms with E-state index < -0.39 is 47.4 Å². The number of nitrogen functional groups attached to an aromatic ring is 1. The molecule has 2 aliphatic heterocycles. The molecule has 0 bridgehead atoms. The summed E-state index contributed by atoms with van der Waals surface area (Å²) in [5, 5.41) is 16.3. The van der Waals surface area contributed by atoms with E-state index in [1.54, 1.807) is 5.38 Å². The van der Waals surface area contributed by atoms with Crippen LogP contribution in [-0.4, -0.2) is 76.8 Å². The van der Waals surface area contributed by atoms with Crippen molar-refractivity contribution in [1.29, 1.82) is 0 Å². The fraction of sp³-hybridized carbons (Fsp3) is 0.163. The second-order valence-corrected chi connectivity index (χ2v) is 16.8. The molecule has 3 N–H and O–H groups in total. The molecule has 2 amide bonds. The largest absolute Gasteiger partial charge is 0.451 e. The lowest BCUT2D eigenvalue weighted by molar-refractivity contribution is -0.154. The first-order valence-electron chi connectivity index (χ1n) is 18.8. The minimum Gasteiger partial charge on any atom is -0.451 e. The number of thiazole rings is 1. The predicted octanol–water partition coefficient (Wildman–Crippen LogP) is 6.40. The lowest BCUT2D eigenvalue weighted by Gasteiger charge is -2.49. The summed E-state index contributed by atoms with van der Waals surface area (Å²) in [4.78, 5) is 61.0. The number of esters is 2. The summed E-state index contributed by atoms with van der Waals surface area (Å²) in [7, 11) is 0. The Balaban J connectivity index is 1.04. The second-order valence-electron chi connectivity index (χ2n) is 13.6. The Hall–Kier alpha value is -6.27. The number of tetrazole rings is 1. The number of benzene rings is 4. The van der Waals surface area contributed by atoms with Crippen LogP contribution >= 0.6 is 46.5 Å². The number of fused-ring (bicyclic) bond motifs is 1. The number of rotatable bonds is 15. The van der Waals surface area contributed by atoms with E-state index in [1.807, 2.05) is 121 Å². The average molecular weight is 891 g/mol. The minimum absolute atomic E-state index is 0.0414. The van der Waals surface area contributed by atoms with Gasteiger partial charge in [-0.3, -0.25) is 19.3 Å². The van der Waals surface area contributed by atoms with Gasteiger partial charge in [-0.05, 0) is 38.3 Å². The van der Waals surface area contributed by atoms with E-state index in [0.717, 1.165) is 39.1 Å². The Bertz CT molecular complexity index is 2520. The Morgan fingerprint density at radius 1 is 0.869 bits per heavy atom. The van der Waals surface area contributed by atoms with Gasteiger partial charge in [-0.2, -0.15) is 0 Å². The molecule has 4 aromatic carbocycles. The van der Waals surface area contributed by atoms with Gasteiger partial charge in [-0.15, -0.1) is 28.2 Å². The number of aromatic nitrogens is 5. The van der Waals surface area contributed by atoms with Crippen LogP contribution in [0, 0.1) is 0 Å². The molecule has 2 aromatic heterocycles. The smallest absolute Gasteiger partial charge is 0.356 e. The van der Waals surface area contributed by atoms with Gasteiger partial charge in [-0.1, -0.05) is 145 Å². The maximum atomic E-state index is 14.6. The number of β-lactam (4-membered cyclic amide) rings is 1. The SMILES string of the molecule is Nc1nc(C(=CCl)C(=O)NC2C(=O)N3C(C(=O)OC(c4ccccc4)c4ccccc4)=C(CSc4nnnn4CC(=O)OC(c4ccccc4)c4ccccc4)CS[C@@H]23)cs1. The topological polar surface area (TPSA) is 185 Å². The molecule has 1 unspecified atom stereocenters. The number of carbonyl (C=O) groups excluding carboxylic acids is 4. The molecule has 61 heavy (non-hydrogen) atoms. The first-order chi connectivity index (χ1) is 29.8. The molecule has 14 nitrogen and oxygen atoms in total. The molecule has 0 radical (unpaired) electrons. The van der Waals surface area contributed by atoms with Gasteiger partial charge >= 0.3 is 11.9 Å². The zero-order valence-electron chi connectivity index (χ0n) is 31.9. The summed E-state index contributed by atoms with van der Waals surface area (Å²) in [6.07, 6.45) is -1.46. The number of carbonyl (C=O) groups is 4. The molecular weight excluding hydrogens is 856 g/mol. The van der Waals surface area contributed by atoms with E-state index in [9.17, 15) is 19.2 Å². The molecule has 0 spiro atoms. The quantitative estimate of drug-likeness (QED) is 0.0500. The first kappa shape index (κ1) is 41.5. The summed E-state index contributed by atoms with van der Waals surface area (Å²) < 4.78 is 13.6. The van der Waals surface area contributed by atoms with Crippen LogP contribution in [-0.2, 0) is 35.2 Å². The Morgan fingerprint density at radius 3 is 1.95 bits per heavy atom. The van der Waals surface area contributed by atoms with Crippen molar-refractivity contribution in [3.8, 4) is 0 Å². The van der Waals surface area contributed by atoms with Crippen LogP contribution in [0.2, 0.25) is 0 Å². The molecule has 18 heteroatoms. The van der Waals surface area contributed by atoms with Gasteiger partial charge in [0.25, 0.3) is 11.8 Å². The molecule has 1 saturated heterocycles. The fourth-order valence-corrected chi connectivity index (χ4v) is 9.94. The molecule has 308 valence electrons. The normalized spacial score (nSPS) is 16.3. The van der Waals surface area contributed by atoms with Gasteiger partial charge in [0, 0.05) is 22.4 Å². The number of thioether (sulfide) groups is 2. The molecule has 0 aliphatic carbocycles. The van der Waals surface area contributed by atoms with E-state index in [0.29, 0.717) is 11.3 Å². The van der Waals surface area contributed by atoms with Crippen molar-refractivity contribution in [3.05, 3.63) is 171 Å². The molecule has 6 aromatic rings. The average Bonchev–Trinajstić information content (AvgIpc) is 3.94. The van der Waals surface area contributed by atoms with Gasteiger partial charge < -0.3 is 20.5 Å². The number of nitrogens with zero attached hydrogens (tertiary/aromatic N) is 6. The van der Waals surface area contributed by atoms with Crippen LogP contribution in [0.25, 0.3) is 5.57 Å². The van der Waals surface area contributed by atoms with Gasteiger partial charge in [0.2, 0.25) is 5.16 Å². The second kappa shape index (κ2) is 19.0. The number of anilines is 1. The van der Waals surface area contributed by atoms with Crippen molar-refractivity contribution in [1.82, 2.24) is 35.4 Å². The third-order valence-electron chi connectivity index (χ3n) is 9.72. The minimum atomic E-state index is -0.981. The van der Waals surface area contributed by atoms with E-state index >= 15 is 0 Å². The third kappa shape index (κ3) is 9.24. The number of ether oxygens (including phenoxy) is 2. The van der Waals surface area contributed by atoms with Crippen molar-refractivity contribution in [3.63, 3.8) is 0 Å². The molecule has 0 saturated carbocycles. The number of nitrogens with two attached hydrogens (primary N) is 1.